The molecule has 0 saturated carbocycles. The zero-order chi connectivity index (χ0) is 8.81. The molecule has 2 heteroatoms. The Morgan fingerprint density at radius 3 is 3.17 bits per heavy atom. The van der Waals surface area contributed by atoms with Crippen LogP contribution in [0.5, 0.6) is 0 Å². The molecule has 0 N–H and O–H groups in total. The fourth-order valence-corrected chi connectivity index (χ4v) is 1.13. The summed E-state index contributed by atoms with van der Waals surface area (Å²) in [5.41, 5.74) is 0. The van der Waals surface area contributed by atoms with E-state index in [9.17, 15) is 4.79 Å². The van der Waals surface area contributed by atoms with Crippen LogP contribution >= 0.6 is 0 Å². The predicted octanol–water partition coefficient (Wildman–Crippen LogP) is 2.21. The van der Waals surface area contributed by atoms with E-state index in [0.29, 0.717) is 0 Å². The Bertz CT molecular complexity index is 204. The van der Waals surface area contributed by atoms with Gasteiger partial charge in [0.15, 0.2) is 0 Å². The number of esters is 1. The maximum absolute atomic E-state index is 10.8. The first-order valence-electron chi connectivity index (χ1n) is 4.35. The monoisotopic (exact) mass is 166 g/mol. The van der Waals surface area contributed by atoms with E-state index < -0.39 is 0 Å². The summed E-state index contributed by atoms with van der Waals surface area (Å²) in [5.74, 6) is -0.212. The van der Waals surface area contributed by atoms with Gasteiger partial charge in [0, 0.05) is 18.9 Å². The van der Waals surface area contributed by atoms with E-state index in [4.69, 9.17) is 4.74 Å². The topological polar surface area (TPSA) is 26.3 Å². The van der Waals surface area contributed by atoms with E-state index in [1.807, 2.05) is 6.08 Å². The minimum Gasteiger partial charge on any atom is -0.459 e. The van der Waals surface area contributed by atoms with E-state index >= 15 is 0 Å². The molecule has 0 saturated heterocycles. The van der Waals surface area contributed by atoms with E-state index in [-0.39, 0.29) is 12.1 Å². The molecule has 0 aromatic carbocycles. The first-order chi connectivity index (χ1) is 5.83. The highest BCUT2D eigenvalue weighted by Gasteiger charge is 2.13. The number of hydrogen-bond donors (Lipinski definition) is 0. The maximum Gasteiger partial charge on any atom is 0.330 e. The molecular formula is C10H14O2. The molecule has 0 amide bonds. The van der Waals surface area contributed by atoms with Gasteiger partial charge in [-0.15, -0.1) is 0 Å². The lowest BCUT2D eigenvalue weighted by atomic mass is 10.1. The second-order valence-electron chi connectivity index (χ2n) is 2.81. The summed E-state index contributed by atoms with van der Waals surface area (Å²) in [6.07, 6.45) is 10.3. The van der Waals surface area contributed by atoms with Crippen molar-refractivity contribution in [1.29, 1.82) is 0 Å². The Morgan fingerprint density at radius 2 is 2.50 bits per heavy atom. The van der Waals surface area contributed by atoms with Gasteiger partial charge in [-0.3, -0.25) is 0 Å². The van der Waals surface area contributed by atoms with Crippen LogP contribution in [-0.4, -0.2) is 12.1 Å². The number of cyclic esters (lactones) is 1. The number of carbonyl (C=O) groups is 1. The summed E-state index contributed by atoms with van der Waals surface area (Å²) in [7, 11) is 0. The van der Waals surface area contributed by atoms with Crippen LogP contribution in [0.3, 0.4) is 0 Å². The Kier molecular flexibility index (Phi) is 3.58. The minimum absolute atomic E-state index is 0.0605. The van der Waals surface area contributed by atoms with Gasteiger partial charge in [-0.1, -0.05) is 25.2 Å². The number of carbonyl (C=O) groups excluding carboxylic acids is 1. The molecule has 1 heterocycles. The van der Waals surface area contributed by atoms with Crippen molar-refractivity contribution in [2.75, 3.05) is 0 Å². The molecule has 1 rings (SSSR count). The molecule has 2 nitrogen and oxygen atoms in total. The lowest BCUT2D eigenvalue weighted by molar-refractivity contribution is -0.143. The van der Waals surface area contributed by atoms with Gasteiger partial charge in [-0.05, 0) is 6.42 Å². The zero-order valence-electron chi connectivity index (χ0n) is 7.32. The third-order valence-electron chi connectivity index (χ3n) is 1.74. The summed E-state index contributed by atoms with van der Waals surface area (Å²) in [6, 6.07) is 0. The van der Waals surface area contributed by atoms with Crippen LogP contribution in [0.15, 0.2) is 24.3 Å². The molecule has 0 radical (unpaired) electrons. The molecule has 0 aromatic rings. The molecule has 1 atom stereocenters. The van der Waals surface area contributed by atoms with E-state index in [0.717, 1.165) is 19.3 Å². The maximum atomic E-state index is 10.8. The quantitative estimate of drug-likeness (QED) is 0.474. The van der Waals surface area contributed by atoms with Crippen molar-refractivity contribution in [3.8, 4) is 0 Å². The zero-order valence-corrected chi connectivity index (χ0v) is 7.32. The standard InChI is InChI=1S/C10H14O2/c1-2-3-4-6-9-7-5-8-10(11)12-9/h3-5,8-9H,2,6-7H2,1H3/b4-3+. The van der Waals surface area contributed by atoms with Gasteiger partial charge < -0.3 is 4.74 Å². The Hall–Kier alpha value is -1.05. The molecule has 0 aliphatic carbocycles. The van der Waals surface area contributed by atoms with Crippen LogP contribution in [0, 0.1) is 0 Å². The molecule has 66 valence electrons. The molecule has 0 bridgehead atoms. The van der Waals surface area contributed by atoms with Gasteiger partial charge in [0.25, 0.3) is 0 Å². The molecule has 1 unspecified atom stereocenters. The SMILES string of the molecule is CC/C=C/CC1CC=CC(=O)O1. The largest absolute Gasteiger partial charge is 0.459 e. The number of rotatable bonds is 3. The normalized spacial score (nSPS) is 23.1. The van der Waals surface area contributed by atoms with Crippen molar-refractivity contribution in [3.05, 3.63) is 24.3 Å². The number of ether oxygens (including phenoxy) is 1. The van der Waals surface area contributed by atoms with Crippen molar-refractivity contribution in [2.45, 2.75) is 32.3 Å². The molecule has 1 aliphatic rings. The van der Waals surface area contributed by atoms with Gasteiger partial charge in [0.1, 0.15) is 6.10 Å². The second kappa shape index (κ2) is 4.75. The van der Waals surface area contributed by atoms with Gasteiger partial charge in [0.05, 0.1) is 0 Å². The minimum atomic E-state index is -0.212. The summed E-state index contributed by atoms with van der Waals surface area (Å²) in [6.45, 7) is 2.09. The van der Waals surface area contributed by atoms with Gasteiger partial charge in [-0.2, -0.15) is 0 Å². The molecule has 0 fully saturated rings. The summed E-state index contributed by atoms with van der Waals surface area (Å²) < 4.78 is 5.06. The third kappa shape index (κ3) is 2.91. The van der Waals surface area contributed by atoms with Gasteiger partial charge in [0.2, 0.25) is 0 Å². The summed E-state index contributed by atoms with van der Waals surface area (Å²) in [5, 5.41) is 0. The van der Waals surface area contributed by atoms with Crippen LogP contribution in [0.4, 0.5) is 0 Å². The highest BCUT2D eigenvalue weighted by Crippen LogP contribution is 2.11. The van der Waals surface area contributed by atoms with Crippen LogP contribution < -0.4 is 0 Å². The average Bonchev–Trinajstić information content (AvgIpc) is 2.05. The highest BCUT2D eigenvalue weighted by atomic mass is 16.5. The van der Waals surface area contributed by atoms with Crippen molar-refractivity contribution in [1.82, 2.24) is 0 Å². The van der Waals surface area contributed by atoms with E-state index in [1.165, 1.54) is 6.08 Å². The Morgan fingerprint density at radius 1 is 1.67 bits per heavy atom. The summed E-state index contributed by atoms with van der Waals surface area (Å²) >= 11 is 0. The lowest BCUT2D eigenvalue weighted by Crippen LogP contribution is -2.18. The Labute approximate surface area is 72.9 Å². The van der Waals surface area contributed by atoms with Crippen molar-refractivity contribution in [2.24, 2.45) is 0 Å². The van der Waals surface area contributed by atoms with Crippen molar-refractivity contribution >= 4 is 5.97 Å². The molecule has 12 heavy (non-hydrogen) atoms. The average molecular weight is 166 g/mol. The second-order valence-corrected chi connectivity index (χ2v) is 2.81. The van der Waals surface area contributed by atoms with Crippen molar-refractivity contribution in [3.63, 3.8) is 0 Å². The van der Waals surface area contributed by atoms with Gasteiger partial charge in [-0.25, -0.2) is 4.79 Å². The van der Waals surface area contributed by atoms with Crippen molar-refractivity contribution < 1.29 is 9.53 Å². The van der Waals surface area contributed by atoms with Crippen LogP contribution in [-0.2, 0) is 9.53 Å². The van der Waals surface area contributed by atoms with Crippen LogP contribution in [0.1, 0.15) is 26.2 Å². The smallest absolute Gasteiger partial charge is 0.330 e. The Balaban J connectivity index is 2.30. The first kappa shape index (κ1) is 9.04. The first-order valence-corrected chi connectivity index (χ1v) is 4.35. The summed E-state index contributed by atoms with van der Waals surface area (Å²) in [4.78, 5) is 10.8. The molecule has 0 aromatic heterocycles. The fraction of sp³-hybridized carbons (Fsp3) is 0.500. The molecular weight excluding hydrogens is 152 g/mol. The fourth-order valence-electron chi connectivity index (χ4n) is 1.13. The van der Waals surface area contributed by atoms with Gasteiger partial charge >= 0.3 is 5.97 Å². The number of allylic oxidation sites excluding steroid dienone is 1. The predicted molar refractivity (Wildman–Crippen MR) is 47.7 cm³/mol. The van der Waals surface area contributed by atoms with Crippen LogP contribution in [0.25, 0.3) is 0 Å². The highest BCUT2D eigenvalue weighted by molar-refractivity contribution is 5.82. The lowest BCUT2D eigenvalue weighted by Gasteiger charge is -2.16. The van der Waals surface area contributed by atoms with Crippen LogP contribution in [0.2, 0.25) is 0 Å². The number of hydrogen-bond acceptors (Lipinski definition) is 2. The third-order valence-corrected chi connectivity index (χ3v) is 1.74. The van der Waals surface area contributed by atoms with E-state index in [2.05, 4.69) is 19.1 Å². The molecule has 1 aliphatic heterocycles. The van der Waals surface area contributed by atoms with E-state index in [1.54, 1.807) is 0 Å². The molecule has 0 spiro atoms.